The van der Waals surface area contributed by atoms with Crippen LogP contribution in [0.2, 0.25) is 0 Å². The Balaban J connectivity index is 1.66. The Bertz CT molecular complexity index is 574. The lowest BCUT2D eigenvalue weighted by molar-refractivity contribution is -0.213. The summed E-state index contributed by atoms with van der Waals surface area (Å²) >= 11 is -0.797. The van der Waals surface area contributed by atoms with Crippen molar-refractivity contribution in [3.8, 4) is 11.5 Å². The number of unbranched alkanes of at least 4 members (excludes halogenated alkanes) is 3. The van der Waals surface area contributed by atoms with E-state index in [4.69, 9.17) is 23.9 Å². The van der Waals surface area contributed by atoms with Gasteiger partial charge in [-0.2, -0.15) is 4.33 Å². The molecule has 2 atom stereocenters. The van der Waals surface area contributed by atoms with E-state index in [-0.39, 0.29) is 12.1 Å². The largest absolute Gasteiger partial charge is 0.497 e. The van der Waals surface area contributed by atoms with Gasteiger partial charge in [0.15, 0.2) is 6.23 Å². The van der Waals surface area contributed by atoms with E-state index in [9.17, 15) is 4.79 Å². The van der Waals surface area contributed by atoms with Crippen LogP contribution in [0.3, 0.4) is 0 Å². The van der Waals surface area contributed by atoms with Crippen LogP contribution >= 0.6 is 11.4 Å². The maximum absolute atomic E-state index is 10.9. The number of nitrogens with one attached hydrogen (secondary N) is 2. The number of ether oxygens (including phenoxy) is 2. The standard InChI is InChI=1S/C17H28N2O6S/c1-22-14-9-8-13(15(12-14)23-2)11-17-19-26(25-24-17)10-6-4-3-5-7-16(20)18-21/h8-9,12,17,19,21,26H,3-7,10-11H2,1-2H3,(H,18,20). The molecule has 1 aromatic rings. The third-order valence-corrected chi connectivity index (χ3v) is 5.64. The summed E-state index contributed by atoms with van der Waals surface area (Å²) in [4.78, 5) is 16.3. The van der Waals surface area contributed by atoms with Gasteiger partial charge in [0, 0.05) is 24.7 Å². The van der Waals surface area contributed by atoms with Crippen LogP contribution in [0.1, 0.15) is 37.7 Å². The highest BCUT2D eigenvalue weighted by atomic mass is 32.2. The number of carbonyl (C=O) groups is 1. The summed E-state index contributed by atoms with van der Waals surface area (Å²) in [7, 11) is 3.26. The Morgan fingerprint density at radius 3 is 2.81 bits per heavy atom. The number of rotatable bonds is 11. The molecule has 8 nitrogen and oxygen atoms in total. The summed E-state index contributed by atoms with van der Waals surface area (Å²) in [6.07, 6.45) is 4.54. The lowest BCUT2D eigenvalue weighted by Crippen LogP contribution is -2.23. The van der Waals surface area contributed by atoms with Crippen molar-refractivity contribution < 1.29 is 28.7 Å². The minimum atomic E-state index is -0.797. The zero-order valence-corrected chi connectivity index (χ0v) is 16.1. The average Bonchev–Trinajstić information content (AvgIpc) is 3.11. The first-order valence-corrected chi connectivity index (χ1v) is 10.1. The number of methoxy groups -OCH3 is 2. The van der Waals surface area contributed by atoms with Gasteiger partial charge in [-0.1, -0.05) is 30.3 Å². The number of thiol groups is 1. The summed E-state index contributed by atoms with van der Waals surface area (Å²) in [6.45, 7) is 0. The van der Waals surface area contributed by atoms with Crippen LogP contribution in [0.4, 0.5) is 0 Å². The molecule has 0 bridgehead atoms. The molecule has 1 aliphatic heterocycles. The first-order valence-electron chi connectivity index (χ1n) is 8.67. The fraction of sp³-hybridized carbons (Fsp3) is 0.588. The van der Waals surface area contributed by atoms with Gasteiger partial charge < -0.3 is 9.47 Å². The number of benzene rings is 1. The summed E-state index contributed by atoms with van der Waals surface area (Å²) in [5.74, 6) is 2.08. The van der Waals surface area contributed by atoms with Gasteiger partial charge >= 0.3 is 0 Å². The SMILES string of the molecule is COc1ccc(CC2N[SH](CCCCCCC(=O)NO)OO2)c(OC)c1. The Morgan fingerprint density at radius 2 is 2.08 bits per heavy atom. The van der Waals surface area contributed by atoms with Crippen LogP contribution in [0, 0.1) is 0 Å². The van der Waals surface area contributed by atoms with Gasteiger partial charge in [-0.15, -0.1) is 0 Å². The van der Waals surface area contributed by atoms with Gasteiger partial charge in [0.05, 0.1) is 14.2 Å². The minimum absolute atomic E-state index is 0.198. The topological polar surface area (TPSA) is 98.3 Å². The molecule has 1 aliphatic rings. The summed E-state index contributed by atoms with van der Waals surface area (Å²) in [5.41, 5.74) is 2.66. The van der Waals surface area contributed by atoms with E-state index in [1.165, 1.54) is 0 Å². The summed E-state index contributed by atoms with van der Waals surface area (Å²) < 4.78 is 19.4. The molecule has 3 N–H and O–H groups in total. The quantitative estimate of drug-likeness (QED) is 0.152. The van der Waals surface area contributed by atoms with Crippen LogP contribution in [-0.2, 0) is 20.4 Å². The normalized spacial score (nSPS) is 20.7. The number of hydrogen-bond donors (Lipinski definition) is 4. The number of amides is 1. The lowest BCUT2D eigenvalue weighted by atomic mass is 10.1. The molecular formula is C17H28N2O6S. The molecule has 1 saturated heterocycles. The van der Waals surface area contributed by atoms with Gasteiger partial charge in [-0.25, -0.2) is 15.1 Å². The van der Waals surface area contributed by atoms with Crippen molar-refractivity contribution in [2.45, 2.75) is 44.8 Å². The second kappa shape index (κ2) is 11.2. The smallest absolute Gasteiger partial charge is 0.243 e. The maximum Gasteiger partial charge on any atom is 0.243 e. The van der Waals surface area contributed by atoms with Crippen LogP contribution in [0.15, 0.2) is 18.2 Å². The predicted molar refractivity (Wildman–Crippen MR) is 99.2 cm³/mol. The third-order valence-electron chi connectivity index (χ3n) is 4.08. The van der Waals surface area contributed by atoms with Gasteiger partial charge in [0.1, 0.15) is 11.5 Å². The Kier molecular flexibility index (Phi) is 8.99. The zero-order valence-electron chi connectivity index (χ0n) is 15.2. The maximum atomic E-state index is 10.9. The third kappa shape index (κ3) is 6.65. The van der Waals surface area contributed by atoms with Crippen molar-refractivity contribution in [2.75, 3.05) is 20.0 Å². The molecule has 0 saturated carbocycles. The van der Waals surface area contributed by atoms with E-state index in [0.29, 0.717) is 12.8 Å². The molecule has 9 heteroatoms. The van der Waals surface area contributed by atoms with Gasteiger partial charge in [0.25, 0.3) is 0 Å². The second-order valence-electron chi connectivity index (χ2n) is 5.97. The van der Waals surface area contributed by atoms with Crippen molar-refractivity contribution >= 4 is 17.3 Å². The molecule has 148 valence electrons. The van der Waals surface area contributed by atoms with Gasteiger partial charge in [0.2, 0.25) is 5.91 Å². The summed E-state index contributed by atoms with van der Waals surface area (Å²) in [5, 5.41) is 8.42. The lowest BCUT2D eigenvalue weighted by Gasteiger charge is -2.14. The van der Waals surface area contributed by atoms with E-state index in [1.54, 1.807) is 19.7 Å². The number of carbonyl (C=O) groups excluding carboxylic acids is 1. The highest BCUT2D eigenvalue weighted by molar-refractivity contribution is 8.11. The molecule has 0 aromatic heterocycles. The van der Waals surface area contributed by atoms with Crippen LogP contribution in [0.25, 0.3) is 0 Å². The minimum Gasteiger partial charge on any atom is -0.497 e. The van der Waals surface area contributed by atoms with Crippen molar-refractivity contribution in [1.29, 1.82) is 0 Å². The summed E-state index contributed by atoms with van der Waals surface area (Å²) in [6, 6.07) is 5.71. The van der Waals surface area contributed by atoms with Crippen molar-refractivity contribution in [2.24, 2.45) is 0 Å². The molecule has 0 spiro atoms. The van der Waals surface area contributed by atoms with E-state index in [1.807, 2.05) is 18.2 Å². The fourth-order valence-corrected chi connectivity index (χ4v) is 4.08. The van der Waals surface area contributed by atoms with E-state index in [0.717, 1.165) is 48.5 Å². The Morgan fingerprint density at radius 1 is 1.27 bits per heavy atom. The Labute approximate surface area is 156 Å². The molecule has 1 aromatic carbocycles. The van der Waals surface area contributed by atoms with E-state index < -0.39 is 11.4 Å². The zero-order chi connectivity index (χ0) is 18.8. The number of hydrogen-bond acceptors (Lipinski definition) is 7. The van der Waals surface area contributed by atoms with Gasteiger partial charge in [-0.05, 0) is 24.5 Å². The highest BCUT2D eigenvalue weighted by Crippen LogP contribution is 2.34. The van der Waals surface area contributed by atoms with Crippen LogP contribution in [0.5, 0.6) is 11.5 Å². The molecule has 1 fully saturated rings. The molecule has 1 heterocycles. The van der Waals surface area contributed by atoms with Crippen LogP contribution in [-0.4, -0.2) is 37.3 Å². The first kappa shape index (κ1) is 20.8. The molecule has 1 amide bonds. The fourth-order valence-electron chi connectivity index (χ4n) is 2.66. The van der Waals surface area contributed by atoms with Crippen molar-refractivity contribution in [3.05, 3.63) is 23.8 Å². The van der Waals surface area contributed by atoms with Crippen LogP contribution < -0.4 is 19.7 Å². The van der Waals surface area contributed by atoms with E-state index >= 15 is 0 Å². The molecule has 26 heavy (non-hydrogen) atoms. The second-order valence-corrected chi connectivity index (χ2v) is 7.58. The number of hydroxylamine groups is 1. The predicted octanol–water partition coefficient (Wildman–Crippen LogP) is 2.41. The molecule has 2 rings (SSSR count). The molecule has 2 unspecified atom stereocenters. The average molecular weight is 388 g/mol. The van der Waals surface area contributed by atoms with Crippen molar-refractivity contribution in [1.82, 2.24) is 10.2 Å². The molecule has 0 aliphatic carbocycles. The van der Waals surface area contributed by atoms with Gasteiger partial charge in [-0.3, -0.25) is 10.0 Å². The van der Waals surface area contributed by atoms with E-state index in [2.05, 4.69) is 4.72 Å². The Hall–Kier alpha value is -1.52. The highest BCUT2D eigenvalue weighted by Gasteiger charge is 2.24. The first-order chi connectivity index (χ1) is 12.7. The van der Waals surface area contributed by atoms with Crippen molar-refractivity contribution in [3.63, 3.8) is 0 Å². The molecule has 0 radical (unpaired) electrons. The monoisotopic (exact) mass is 388 g/mol. The molecular weight excluding hydrogens is 360 g/mol.